The second kappa shape index (κ2) is 5.45. The van der Waals surface area contributed by atoms with Gasteiger partial charge in [-0.25, -0.2) is 4.74 Å². The van der Waals surface area contributed by atoms with Crippen molar-refractivity contribution >= 4 is 7.51 Å². The molecule has 1 N–H and O–H groups in total. The van der Waals surface area contributed by atoms with Crippen molar-refractivity contribution in [3.05, 3.63) is 60.2 Å². The standard InChI is InChI=1S/C17H20NO3P/c1-17(2,3)18-22(16(19)13-9-5-4-6-10-13)20-14-11-7-8-12-15(14)21-22/h4-12,16,19H,1-3H3. The molecule has 4 nitrogen and oxygen atoms in total. The van der Waals surface area contributed by atoms with Crippen LogP contribution in [0, 0.1) is 0 Å². The number of para-hydroxylation sites is 2. The molecule has 1 unspecified atom stereocenters. The summed E-state index contributed by atoms with van der Waals surface area (Å²) in [6.07, 6.45) is 0. The van der Waals surface area contributed by atoms with E-state index in [2.05, 4.69) is 0 Å². The Morgan fingerprint density at radius 1 is 0.909 bits per heavy atom. The third-order valence-corrected chi connectivity index (χ3v) is 5.87. The molecule has 0 amide bonds. The van der Waals surface area contributed by atoms with Crippen LogP contribution in [0.1, 0.15) is 32.2 Å². The predicted octanol–water partition coefficient (Wildman–Crippen LogP) is 4.98. The minimum atomic E-state index is -2.88. The summed E-state index contributed by atoms with van der Waals surface area (Å²) in [6.45, 7) is 5.92. The highest BCUT2D eigenvalue weighted by Crippen LogP contribution is 2.68. The SMILES string of the molecule is CC(C)(C)N=P1(C(O)c2ccccc2)Oc2ccccc2O1. The Morgan fingerprint density at radius 3 is 1.91 bits per heavy atom. The number of hydrogen-bond donors (Lipinski definition) is 1. The molecule has 22 heavy (non-hydrogen) atoms. The van der Waals surface area contributed by atoms with E-state index in [1.807, 2.05) is 75.4 Å². The van der Waals surface area contributed by atoms with E-state index in [0.29, 0.717) is 11.5 Å². The van der Waals surface area contributed by atoms with Crippen LogP contribution in [-0.4, -0.2) is 10.6 Å². The molecule has 0 saturated carbocycles. The lowest BCUT2D eigenvalue weighted by Crippen LogP contribution is -2.14. The molecule has 0 bridgehead atoms. The molecule has 3 rings (SSSR count). The van der Waals surface area contributed by atoms with Crippen molar-refractivity contribution in [3.8, 4) is 11.5 Å². The monoisotopic (exact) mass is 317 g/mol. The van der Waals surface area contributed by atoms with Gasteiger partial charge in [0.25, 0.3) is 0 Å². The lowest BCUT2D eigenvalue weighted by Gasteiger charge is -2.27. The number of hydrogen-bond acceptors (Lipinski definition) is 4. The number of aliphatic hydroxyl groups is 1. The Kier molecular flexibility index (Phi) is 3.75. The van der Waals surface area contributed by atoms with Crippen LogP contribution in [-0.2, 0) is 0 Å². The van der Waals surface area contributed by atoms with Crippen LogP contribution >= 0.6 is 7.51 Å². The van der Waals surface area contributed by atoms with Crippen LogP contribution in [0.25, 0.3) is 0 Å². The minimum absolute atomic E-state index is 0.383. The molecule has 0 aromatic heterocycles. The minimum Gasteiger partial charge on any atom is -0.424 e. The van der Waals surface area contributed by atoms with Crippen LogP contribution in [0.5, 0.6) is 11.5 Å². The zero-order valence-corrected chi connectivity index (χ0v) is 13.8. The maximum absolute atomic E-state index is 10.9. The molecule has 116 valence electrons. The number of fused-ring (bicyclic) bond motifs is 1. The maximum atomic E-state index is 10.9. The van der Waals surface area contributed by atoms with E-state index in [1.54, 1.807) is 0 Å². The fourth-order valence-electron chi connectivity index (χ4n) is 2.33. The molecular weight excluding hydrogens is 297 g/mol. The Labute approximate surface area is 130 Å². The highest BCUT2D eigenvalue weighted by atomic mass is 31.2. The molecule has 0 spiro atoms. The third kappa shape index (κ3) is 2.90. The van der Waals surface area contributed by atoms with Gasteiger partial charge in [-0.05, 0) is 38.5 Å². The first-order valence-electron chi connectivity index (χ1n) is 7.24. The first-order valence-corrected chi connectivity index (χ1v) is 8.89. The lowest BCUT2D eigenvalue weighted by molar-refractivity contribution is 0.237. The van der Waals surface area contributed by atoms with Gasteiger partial charge in [0, 0.05) is 0 Å². The average Bonchev–Trinajstić information content (AvgIpc) is 2.84. The van der Waals surface area contributed by atoms with Gasteiger partial charge in [-0.3, -0.25) is 0 Å². The summed E-state index contributed by atoms with van der Waals surface area (Å²) in [4.78, 5) is 0. The number of rotatable bonds is 2. The summed E-state index contributed by atoms with van der Waals surface area (Å²) >= 11 is 0. The van der Waals surface area contributed by atoms with Gasteiger partial charge in [0.15, 0.2) is 17.3 Å². The summed E-state index contributed by atoms with van der Waals surface area (Å²) in [6, 6.07) is 16.8. The van der Waals surface area contributed by atoms with E-state index in [-0.39, 0.29) is 5.54 Å². The molecule has 1 heterocycles. The zero-order valence-electron chi connectivity index (χ0n) is 12.9. The molecule has 2 aromatic rings. The molecule has 5 heteroatoms. The quantitative estimate of drug-likeness (QED) is 0.795. The molecule has 2 aromatic carbocycles. The second-order valence-corrected chi connectivity index (χ2v) is 8.43. The predicted molar refractivity (Wildman–Crippen MR) is 88.2 cm³/mol. The largest absolute Gasteiger partial charge is 0.424 e. The molecule has 0 aliphatic carbocycles. The summed E-state index contributed by atoms with van der Waals surface area (Å²) in [5.74, 6) is 0.359. The van der Waals surface area contributed by atoms with Crippen molar-refractivity contribution in [1.82, 2.24) is 0 Å². The summed E-state index contributed by atoms with van der Waals surface area (Å²) < 4.78 is 16.9. The number of aliphatic hydroxyl groups excluding tert-OH is 1. The van der Waals surface area contributed by atoms with Gasteiger partial charge < -0.3 is 14.2 Å². The van der Waals surface area contributed by atoms with Gasteiger partial charge in [0.05, 0.1) is 5.54 Å². The zero-order chi connectivity index (χ0) is 15.8. The first-order chi connectivity index (χ1) is 10.4. The van der Waals surface area contributed by atoms with Crippen molar-refractivity contribution in [1.29, 1.82) is 0 Å². The second-order valence-electron chi connectivity index (χ2n) is 6.25. The molecule has 0 saturated heterocycles. The van der Waals surface area contributed by atoms with Gasteiger partial charge in [-0.2, -0.15) is 0 Å². The Morgan fingerprint density at radius 2 is 1.41 bits per heavy atom. The highest BCUT2D eigenvalue weighted by Gasteiger charge is 2.43. The normalized spacial score (nSPS) is 17.1. The van der Waals surface area contributed by atoms with Gasteiger partial charge in [0.2, 0.25) is 0 Å². The Hall–Kier alpha value is -1.77. The van der Waals surface area contributed by atoms with E-state index >= 15 is 0 Å². The highest BCUT2D eigenvalue weighted by molar-refractivity contribution is 7.57. The molecule has 1 aliphatic rings. The molecule has 0 fully saturated rings. The number of benzene rings is 2. The van der Waals surface area contributed by atoms with Crippen molar-refractivity contribution in [3.63, 3.8) is 0 Å². The van der Waals surface area contributed by atoms with Crippen LogP contribution in [0.15, 0.2) is 59.3 Å². The van der Waals surface area contributed by atoms with Gasteiger partial charge in [-0.15, -0.1) is 0 Å². The summed E-state index contributed by atoms with van der Waals surface area (Å²) in [5, 5.41) is 10.9. The fraction of sp³-hybridized carbons (Fsp3) is 0.294. The topological polar surface area (TPSA) is 51.1 Å². The Bertz CT molecular complexity index is 693. The summed E-state index contributed by atoms with van der Waals surface area (Å²) in [7, 11) is -2.88. The van der Waals surface area contributed by atoms with Gasteiger partial charge in [-0.1, -0.05) is 42.5 Å². The van der Waals surface area contributed by atoms with E-state index in [4.69, 9.17) is 13.8 Å². The van der Waals surface area contributed by atoms with Crippen molar-refractivity contribution in [2.45, 2.75) is 32.2 Å². The molecule has 1 atom stereocenters. The van der Waals surface area contributed by atoms with Crippen LogP contribution in [0.3, 0.4) is 0 Å². The molecular formula is C17H20NO3P. The van der Waals surface area contributed by atoms with E-state index in [1.165, 1.54) is 0 Å². The van der Waals surface area contributed by atoms with E-state index < -0.39 is 13.4 Å². The molecule has 0 radical (unpaired) electrons. The van der Waals surface area contributed by atoms with Crippen LogP contribution in [0.2, 0.25) is 0 Å². The third-order valence-electron chi connectivity index (χ3n) is 3.15. The van der Waals surface area contributed by atoms with E-state index in [0.717, 1.165) is 5.56 Å². The van der Waals surface area contributed by atoms with Crippen LogP contribution in [0.4, 0.5) is 0 Å². The molecule has 1 aliphatic heterocycles. The fourth-order valence-corrected chi connectivity index (χ4v) is 5.01. The van der Waals surface area contributed by atoms with E-state index in [9.17, 15) is 5.11 Å². The Balaban J connectivity index is 2.10. The average molecular weight is 317 g/mol. The first kappa shape index (κ1) is 15.1. The smallest absolute Gasteiger partial charge is 0.349 e. The lowest BCUT2D eigenvalue weighted by atomic mass is 10.1. The van der Waals surface area contributed by atoms with Gasteiger partial charge in [0.1, 0.15) is 0 Å². The number of nitrogens with zero attached hydrogens (tertiary/aromatic N) is 1. The van der Waals surface area contributed by atoms with Crippen molar-refractivity contribution < 1.29 is 14.2 Å². The van der Waals surface area contributed by atoms with Crippen molar-refractivity contribution in [2.24, 2.45) is 4.74 Å². The maximum Gasteiger partial charge on any atom is 0.349 e. The van der Waals surface area contributed by atoms with Crippen LogP contribution < -0.4 is 9.05 Å². The van der Waals surface area contributed by atoms with Crippen molar-refractivity contribution in [2.75, 3.05) is 0 Å². The van der Waals surface area contributed by atoms with Gasteiger partial charge >= 0.3 is 7.51 Å². The summed E-state index contributed by atoms with van der Waals surface area (Å²) in [5.41, 5.74) is 0.364.